The van der Waals surface area contributed by atoms with Crippen molar-refractivity contribution < 1.29 is 19.7 Å². The van der Waals surface area contributed by atoms with Crippen molar-refractivity contribution in [2.75, 3.05) is 7.11 Å². The zero-order valence-corrected chi connectivity index (χ0v) is 10.2. The summed E-state index contributed by atoms with van der Waals surface area (Å²) in [4.78, 5) is 10.8. The van der Waals surface area contributed by atoms with E-state index in [0.29, 0.717) is 17.7 Å². The molecule has 0 amide bonds. The summed E-state index contributed by atoms with van der Waals surface area (Å²) < 4.78 is 5.78. The molecule has 0 unspecified atom stereocenters. The number of ether oxygens (including phenoxy) is 1. The van der Waals surface area contributed by atoms with Crippen LogP contribution in [0.15, 0.2) is 16.6 Å². The van der Waals surface area contributed by atoms with Crippen molar-refractivity contribution in [1.82, 2.24) is 0 Å². The van der Waals surface area contributed by atoms with Gasteiger partial charge in [0.1, 0.15) is 0 Å². The van der Waals surface area contributed by atoms with Crippen molar-refractivity contribution in [3.8, 4) is 11.5 Å². The van der Waals surface area contributed by atoms with E-state index in [1.54, 1.807) is 12.1 Å². The third-order valence-electron chi connectivity index (χ3n) is 2.80. The van der Waals surface area contributed by atoms with Gasteiger partial charge in [0.05, 0.1) is 13.0 Å². The number of phenolic OH excluding ortho intramolecular Hbond substituents is 1. The molecular weight excluding hydrogens is 276 g/mol. The van der Waals surface area contributed by atoms with Gasteiger partial charge >= 0.3 is 5.97 Å². The smallest absolute Gasteiger partial charge is 0.307 e. The number of halogens is 1. The minimum absolute atomic E-state index is 0.0412. The first kappa shape index (κ1) is 11.3. The lowest BCUT2D eigenvalue weighted by molar-refractivity contribution is -0.138. The predicted molar refractivity (Wildman–Crippen MR) is 60.8 cm³/mol. The van der Waals surface area contributed by atoms with Crippen molar-refractivity contribution in [3.05, 3.63) is 22.2 Å². The van der Waals surface area contributed by atoms with Crippen molar-refractivity contribution >= 4 is 21.9 Å². The maximum atomic E-state index is 10.8. The fourth-order valence-electron chi connectivity index (χ4n) is 1.84. The van der Waals surface area contributed by atoms with Gasteiger partial charge < -0.3 is 14.9 Å². The average Bonchev–Trinajstić information content (AvgIpc) is 3.00. The van der Waals surface area contributed by atoms with Crippen LogP contribution in [0.5, 0.6) is 11.5 Å². The minimum atomic E-state index is -0.816. The summed E-state index contributed by atoms with van der Waals surface area (Å²) in [5, 5.41) is 18.7. The number of hydrogen-bond donors (Lipinski definition) is 2. The molecule has 5 heteroatoms. The summed E-state index contributed by atoms with van der Waals surface area (Å²) in [5.74, 6) is -0.906. The SMILES string of the molecule is COc1cc(Br)cc([C@@H]2C[C@H]2C(=O)O)c1O. The molecule has 1 aliphatic rings. The summed E-state index contributed by atoms with van der Waals surface area (Å²) in [5.41, 5.74) is 0.638. The van der Waals surface area contributed by atoms with Gasteiger partial charge in [-0.25, -0.2) is 0 Å². The van der Waals surface area contributed by atoms with Gasteiger partial charge in [0.25, 0.3) is 0 Å². The van der Waals surface area contributed by atoms with Crippen LogP contribution in [0, 0.1) is 5.92 Å². The maximum Gasteiger partial charge on any atom is 0.307 e. The number of carbonyl (C=O) groups is 1. The zero-order chi connectivity index (χ0) is 11.9. The molecule has 0 heterocycles. The highest BCUT2D eigenvalue weighted by Crippen LogP contribution is 2.52. The first-order chi connectivity index (χ1) is 7.54. The van der Waals surface area contributed by atoms with Crippen LogP contribution in [-0.4, -0.2) is 23.3 Å². The highest BCUT2D eigenvalue weighted by Gasteiger charge is 2.45. The number of phenols is 1. The van der Waals surface area contributed by atoms with Crippen molar-refractivity contribution in [2.45, 2.75) is 12.3 Å². The number of carboxylic acid groups (broad SMARTS) is 1. The van der Waals surface area contributed by atoms with Gasteiger partial charge in [0.15, 0.2) is 11.5 Å². The molecular formula is C11H11BrO4. The van der Waals surface area contributed by atoms with Crippen LogP contribution in [0.1, 0.15) is 17.9 Å². The van der Waals surface area contributed by atoms with Gasteiger partial charge in [0.2, 0.25) is 0 Å². The Morgan fingerprint density at radius 2 is 2.25 bits per heavy atom. The van der Waals surface area contributed by atoms with Gasteiger partial charge in [-0.3, -0.25) is 4.79 Å². The molecule has 1 aromatic rings. The number of methoxy groups -OCH3 is 1. The highest BCUT2D eigenvalue weighted by atomic mass is 79.9. The lowest BCUT2D eigenvalue weighted by Crippen LogP contribution is -1.99. The fourth-order valence-corrected chi connectivity index (χ4v) is 2.30. The molecule has 1 fully saturated rings. The minimum Gasteiger partial charge on any atom is -0.504 e. The van der Waals surface area contributed by atoms with Crippen molar-refractivity contribution in [1.29, 1.82) is 0 Å². The second-order valence-corrected chi connectivity index (χ2v) is 4.75. The molecule has 0 radical (unpaired) electrons. The normalized spacial score (nSPS) is 22.9. The lowest BCUT2D eigenvalue weighted by Gasteiger charge is -2.09. The molecule has 86 valence electrons. The van der Waals surface area contributed by atoms with Crippen LogP contribution >= 0.6 is 15.9 Å². The molecule has 2 atom stereocenters. The molecule has 1 aromatic carbocycles. The molecule has 2 rings (SSSR count). The van der Waals surface area contributed by atoms with Crippen molar-refractivity contribution in [2.24, 2.45) is 5.92 Å². The van der Waals surface area contributed by atoms with Crippen molar-refractivity contribution in [3.63, 3.8) is 0 Å². The Hall–Kier alpha value is -1.23. The quantitative estimate of drug-likeness (QED) is 0.895. The van der Waals surface area contributed by atoms with Crippen LogP contribution in [0.4, 0.5) is 0 Å². The third-order valence-corrected chi connectivity index (χ3v) is 3.25. The second kappa shape index (κ2) is 3.97. The van der Waals surface area contributed by atoms with E-state index in [1.165, 1.54) is 7.11 Å². The van der Waals surface area contributed by atoms with Gasteiger partial charge in [-0.05, 0) is 18.6 Å². The Balaban J connectivity index is 2.35. The van der Waals surface area contributed by atoms with Crippen LogP contribution in [-0.2, 0) is 4.79 Å². The molecule has 1 aliphatic carbocycles. The first-order valence-electron chi connectivity index (χ1n) is 4.83. The monoisotopic (exact) mass is 286 g/mol. The molecule has 2 N–H and O–H groups in total. The first-order valence-corrected chi connectivity index (χ1v) is 5.63. The second-order valence-electron chi connectivity index (χ2n) is 3.83. The largest absolute Gasteiger partial charge is 0.504 e. The van der Waals surface area contributed by atoms with Gasteiger partial charge in [0, 0.05) is 16.0 Å². The Morgan fingerprint density at radius 3 is 2.75 bits per heavy atom. The van der Waals surface area contributed by atoms with E-state index in [0.717, 1.165) is 4.47 Å². The number of benzene rings is 1. The summed E-state index contributed by atoms with van der Waals surface area (Å²) in [7, 11) is 1.47. The summed E-state index contributed by atoms with van der Waals surface area (Å²) in [6.07, 6.45) is 0.572. The molecule has 0 bridgehead atoms. The Labute approximate surface area is 101 Å². The van der Waals surface area contributed by atoms with Crippen LogP contribution in [0.2, 0.25) is 0 Å². The van der Waals surface area contributed by atoms with E-state index < -0.39 is 5.97 Å². The lowest BCUT2D eigenvalue weighted by atomic mass is 10.1. The van der Waals surface area contributed by atoms with Gasteiger partial charge in [-0.2, -0.15) is 0 Å². The molecule has 4 nitrogen and oxygen atoms in total. The van der Waals surface area contributed by atoms with E-state index in [1.807, 2.05) is 0 Å². The fraction of sp³-hybridized carbons (Fsp3) is 0.364. The maximum absolute atomic E-state index is 10.8. The Kier molecular flexibility index (Phi) is 2.80. The predicted octanol–water partition coefficient (Wildman–Crippen LogP) is 2.35. The number of carboxylic acids is 1. The number of aliphatic carboxylic acids is 1. The Bertz CT molecular complexity index is 444. The molecule has 1 saturated carbocycles. The average molecular weight is 287 g/mol. The molecule has 0 aromatic heterocycles. The molecule has 0 saturated heterocycles. The summed E-state index contributed by atoms with van der Waals surface area (Å²) in [6, 6.07) is 3.39. The van der Waals surface area contributed by atoms with E-state index >= 15 is 0 Å². The van der Waals surface area contributed by atoms with Gasteiger partial charge in [-0.15, -0.1) is 0 Å². The zero-order valence-electron chi connectivity index (χ0n) is 8.61. The number of aromatic hydroxyl groups is 1. The molecule has 0 spiro atoms. The van der Waals surface area contributed by atoms with Crippen LogP contribution < -0.4 is 4.74 Å². The third kappa shape index (κ3) is 1.87. The molecule has 16 heavy (non-hydrogen) atoms. The van der Waals surface area contributed by atoms with E-state index in [-0.39, 0.29) is 17.6 Å². The van der Waals surface area contributed by atoms with Crippen LogP contribution in [0.25, 0.3) is 0 Å². The van der Waals surface area contributed by atoms with E-state index in [9.17, 15) is 9.90 Å². The standard InChI is InChI=1S/C11H11BrO4/c1-16-9-3-5(12)2-7(10(9)13)6-4-8(6)11(14)15/h2-3,6,8,13H,4H2,1H3,(H,14,15)/t6-,8+/m0/s1. The topological polar surface area (TPSA) is 66.8 Å². The Morgan fingerprint density at radius 1 is 1.56 bits per heavy atom. The van der Waals surface area contributed by atoms with Crippen LogP contribution in [0.3, 0.4) is 0 Å². The van der Waals surface area contributed by atoms with E-state index in [2.05, 4.69) is 15.9 Å². The number of rotatable bonds is 3. The van der Waals surface area contributed by atoms with E-state index in [4.69, 9.17) is 9.84 Å². The van der Waals surface area contributed by atoms with Gasteiger partial charge in [-0.1, -0.05) is 15.9 Å². The summed E-state index contributed by atoms with van der Waals surface area (Å²) >= 11 is 3.30. The number of hydrogen-bond acceptors (Lipinski definition) is 3. The summed E-state index contributed by atoms with van der Waals surface area (Å²) in [6.45, 7) is 0. The highest BCUT2D eigenvalue weighted by molar-refractivity contribution is 9.10. The molecule has 0 aliphatic heterocycles.